The molecule has 2 aromatic carbocycles. The van der Waals surface area contributed by atoms with Crippen LogP contribution >= 0.6 is 0 Å². The Kier molecular flexibility index (Phi) is 6.24. The third-order valence-corrected chi connectivity index (χ3v) is 8.45. The lowest BCUT2D eigenvalue weighted by atomic mass is 9.99. The van der Waals surface area contributed by atoms with Crippen molar-refractivity contribution in [2.75, 3.05) is 54.8 Å². The molecule has 0 aromatic heterocycles. The second-order valence-corrected chi connectivity index (χ2v) is 10.5. The number of benzene rings is 2. The number of nitrogens with zero attached hydrogens (tertiary/aromatic N) is 4. The van der Waals surface area contributed by atoms with Crippen LogP contribution in [0.2, 0.25) is 0 Å². The molecule has 9 heteroatoms. The van der Waals surface area contributed by atoms with E-state index in [-0.39, 0.29) is 24.1 Å². The molecule has 2 aromatic rings. The fourth-order valence-electron chi connectivity index (χ4n) is 6.37. The van der Waals surface area contributed by atoms with Crippen molar-refractivity contribution < 1.29 is 14.4 Å². The number of imide groups is 1. The molecule has 194 valence electrons. The van der Waals surface area contributed by atoms with Gasteiger partial charge in [0.1, 0.15) is 6.04 Å². The number of carbonyl (C=O) groups excluding carboxylic acids is 3. The summed E-state index contributed by atoms with van der Waals surface area (Å²) in [6.07, 6.45) is 2.84. The summed E-state index contributed by atoms with van der Waals surface area (Å²) >= 11 is 0. The molecule has 0 spiro atoms. The molecule has 3 saturated heterocycles. The van der Waals surface area contributed by atoms with Gasteiger partial charge in [0, 0.05) is 86.5 Å². The molecule has 0 radical (unpaired) electrons. The van der Waals surface area contributed by atoms with Crippen molar-refractivity contribution in [2.24, 2.45) is 0 Å². The lowest BCUT2D eigenvalue weighted by molar-refractivity contribution is -0.136. The summed E-state index contributed by atoms with van der Waals surface area (Å²) in [5.41, 5.74) is 10.7. The van der Waals surface area contributed by atoms with Gasteiger partial charge in [-0.2, -0.15) is 0 Å². The minimum atomic E-state index is -0.580. The summed E-state index contributed by atoms with van der Waals surface area (Å²) < 4.78 is 0. The van der Waals surface area contributed by atoms with Crippen molar-refractivity contribution in [2.45, 2.75) is 44.3 Å². The Hall–Kier alpha value is -3.59. The fourth-order valence-corrected chi connectivity index (χ4v) is 6.37. The van der Waals surface area contributed by atoms with Crippen LogP contribution in [0.25, 0.3) is 0 Å². The predicted octanol–water partition coefficient (Wildman–Crippen LogP) is 1.82. The summed E-state index contributed by atoms with van der Waals surface area (Å²) in [6, 6.07) is 14.0. The maximum absolute atomic E-state index is 13.2. The number of piperazine rings is 1. The van der Waals surface area contributed by atoms with Crippen LogP contribution < -0.4 is 20.9 Å². The molecule has 4 aliphatic heterocycles. The van der Waals surface area contributed by atoms with E-state index in [9.17, 15) is 14.4 Å². The van der Waals surface area contributed by atoms with Crippen molar-refractivity contribution in [1.29, 1.82) is 0 Å². The summed E-state index contributed by atoms with van der Waals surface area (Å²) in [5, 5.41) is 2.39. The Balaban J connectivity index is 1.07. The van der Waals surface area contributed by atoms with Gasteiger partial charge in [0.25, 0.3) is 5.91 Å². The van der Waals surface area contributed by atoms with Gasteiger partial charge in [0.15, 0.2) is 0 Å². The molecule has 0 bridgehead atoms. The molecule has 4 heterocycles. The number of nitrogens with two attached hydrogens (primary N) is 1. The third-order valence-electron chi connectivity index (χ3n) is 8.45. The number of amides is 3. The fraction of sp³-hybridized carbons (Fsp3) is 0.464. The van der Waals surface area contributed by atoms with Gasteiger partial charge >= 0.3 is 0 Å². The maximum atomic E-state index is 13.2. The summed E-state index contributed by atoms with van der Waals surface area (Å²) in [7, 11) is 0. The molecule has 37 heavy (non-hydrogen) atoms. The second-order valence-electron chi connectivity index (χ2n) is 10.5. The third kappa shape index (κ3) is 4.52. The summed E-state index contributed by atoms with van der Waals surface area (Å²) in [6.45, 7) is 6.49. The topological polar surface area (TPSA) is 102 Å². The predicted molar refractivity (Wildman–Crippen MR) is 142 cm³/mol. The standard InChI is InChI=1S/C28H34N6O3/c29-19-4-6-20(7-5-19)31-14-16-32(17-15-31)21-10-12-33(13-11-21)24-3-1-2-22-23(24)18-34(28(22)37)25-8-9-26(35)30-27(25)36/h1-7,21,25H,8-18,29H2,(H,30,35,36). The molecule has 3 N–H and O–H groups in total. The smallest absolute Gasteiger partial charge is 0.255 e. The quantitative estimate of drug-likeness (QED) is 0.486. The van der Waals surface area contributed by atoms with Crippen LogP contribution in [0, 0.1) is 0 Å². The van der Waals surface area contributed by atoms with E-state index in [1.807, 2.05) is 24.3 Å². The number of nitrogen functional groups attached to an aromatic ring is 1. The van der Waals surface area contributed by atoms with E-state index in [1.54, 1.807) is 4.90 Å². The molecule has 1 atom stereocenters. The minimum absolute atomic E-state index is 0.111. The van der Waals surface area contributed by atoms with E-state index in [4.69, 9.17) is 5.73 Å². The Bertz CT molecular complexity index is 1200. The van der Waals surface area contributed by atoms with Crippen LogP contribution in [0.15, 0.2) is 42.5 Å². The molecular weight excluding hydrogens is 468 g/mol. The average molecular weight is 503 g/mol. The molecule has 0 saturated carbocycles. The highest BCUT2D eigenvalue weighted by Crippen LogP contribution is 2.35. The molecule has 4 aliphatic rings. The van der Waals surface area contributed by atoms with Crippen molar-refractivity contribution in [3.05, 3.63) is 53.6 Å². The van der Waals surface area contributed by atoms with Gasteiger partial charge in [-0.1, -0.05) is 6.07 Å². The number of rotatable bonds is 4. The van der Waals surface area contributed by atoms with Gasteiger partial charge in [0.05, 0.1) is 0 Å². The number of nitrogens with one attached hydrogen (secondary N) is 1. The van der Waals surface area contributed by atoms with Crippen LogP contribution in [-0.4, -0.2) is 78.9 Å². The monoisotopic (exact) mass is 502 g/mol. The van der Waals surface area contributed by atoms with Gasteiger partial charge in [-0.25, -0.2) is 0 Å². The molecule has 3 fully saturated rings. The van der Waals surface area contributed by atoms with E-state index in [0.29, 0.717) is 24.6 Å². The second kappa shape index (κ2) is 9.70. The van der Waals surface area contributed by atoms with E-state index in [1.165, 1.54) is 5.69 Å². The zero-order chi connectivity index (χ0) is 25.5. The number of piperidine rings is 2. The Morgan fingerprint density at radius 2 is 1.54 bits per heavy atom. The molecule has 6 rings (SSSR count). The molecule has 1 unspecified atom stereocenters. The first-order valence-electron chi connectivity index (χ1n) is 13.3. The molecule has 9 nitrogen and oxygen atoms in total. The number of anilines is 3. The largest absolute Gasteiger partial charge is 0.399 e. The van der Waals surface area contributed by atoms with Crippen LogP contribution in [0.1, 0.15) is 41.6 Å². The average Bonchev–Trinajstić information content (AvgIpc) is 3.25. The van der Waals surface area contributed by atoms with Crippen LogP contribution in [0.3, 0.4) is 0 Å². The highest BCUT2D eigenvalue weighted by molar-refractivity contribution is 6.06. The summed E-state index contributed by atoms with van der Waals surface area (Å²) in [4.78, 5) is 46.3. The van der Waals surface area contributed by atoms with Crippen molar-refractivity contribution >= 4 is 34.8 Å². The highest BCUT2D eigenvalue weighted by atomic mass is 16.2. The van der Waals surface area contributed by atoms with Crippen LogP contribution in [0.5, 0.6) is 0 Å². The first kappa shape index (κ1) is 23.8. The Morgan fingerprint density at radius 3 is 2.24 bits per heavy atom. The van der Waals surface area contributed by atoms with Gasteiger partial charge in [-0.05, 0) is 55.7 Å². The first-order valence-corrected chi connectivity index (χ1v) is 13.3. The molecule has 0 aliphatic carbocycles. The van der Waals surface area contributed by atoms with Gasteiger partial charge in [0.2, 0.25) is 11.8 Å². The Labute approximate surface area is 217 Å². The molecule has 3 amide bonds. The van der Waals surface area contributed by atoms with E-state index in [0.717, 1.165) is 69.0 Å². The highest BCUT2D eigenvalue weighted by Gasteiger charge is 2.40. The van der Waals surface area contributed by atoms with Gasteiger partial charge in [-0.15, -0.1) is 0 Å². The Morgan fingerprint density at radius 1 is 0.811 bits per heavy atom. The van der Waals surface area contributed by atoms with Crippen LogP contribution in [-0.2, 0) is 16.1 Å². The van der Waals surface area contributed by atoms with Crippen LogP contribution in [0.4, 0.5) is 17.1 Å². The number of hydrogen-bond donors (Lipinski definition) is 2. The van der Waals surface area contributed by atoms with Crippen molar-refractivity contribution in [3.8, 4) is 0 Å². The first-order chi connectivity index (χ1) is 18.0. The lowest BCUT2D eigenvalue weighted by Crippen LogP contribution is -2.53. The van der Waals surface area contributed by atoms with Gasteiger partial charge in [-0.3, -0.25) is 24.6 Å². The number of fused-ring (bicyclic) bond motifs is 1. The zero-order valence-corrected chi connectivity index (χ0v) is 21.1. The van der Waals surface area contributed by atoms with E-state index < -0.39 is 6.04 Å². The SMILES string of the molecule is Nc1ccc(N2CCN(C3CCN(c4cccc5c4CN(C4CCC(=O)NC4=O)C5=O)CC3)CC2)cc1. The summed E-state index contributed by atoms with van der Waals surface area (Å²) in [5.74, 6) is -0.739. The number of hydrogen-bond acceptors (Lipinski definition) is 7. The zero-order valence-electron chi connectivity index (χ0n) is 21.1. The van der Waals surface area contributed by atoms with Crippen molar-refractivity contribution in [1.82, 2.24) is 15.1 Å². The lowest BCUT2D eigenvalue weighted by Gasteiger charge is -2.44. The minimum Gasteiger partial charge on any atom is -0.399 e. The van der Waals surface area contributed by atoms with E-state index in [2.05, 4.69) is 38.2 Å². The van der Waals surface area contributed by atoms with E-state index >= 15 is 0 Å². The normalized spacial score (nSPS) is 23.4. The number of carbonyl (C=O) groups is 3. The van der Waals surface area contributed by atoms with Crippen molar-refractivity contribution in [3.63, 3.8) is 0 Å². The molecular formula is C28H34N6O3. The van der Waals surface area contributed by atoms with Gasteiger partial charge < -0.3 is 20.4 Å². The maximum Gasteiger partial charge on any atom is 0.255 e.